The molecular weight excluding hydrogens is 588 g/mol. The van der Waals surface area contributed by atoms with Crippen LogP contribution in [0, 0.1) is 0 Å². The number of hydrogen-bond donors (Lipinski definition) is 0. The lowest BCUT2D eigenvalue weighted by molar-refractivity contribution is 0.220. The summed E-state index contributed by atoms with van der Waals surface area (Å²) in [6, 6.07) is 22.0. The number of hydrogen-bond acceptors (Lipinski definition) is 7. The normalized spacial score (nSPS) is 19.2. The predicted octanol–water partition coefficient (Wildman–Crippen LogP) is 8.28. The van der Waals surface area contributed by atoms with Crippen molar-refractivity contribution < 1.29 is 23.7 Å². The lowest BCUT2D eigenvalue weighted by Gasteiger charge is -2.37. The Balaban J connectivity index is 1.47. The van der Waals surface area contributed by atoms with Crippen molar-refractivity contribution in [3.8, 4) is 40.2 Å². The third-order valence-electron chi connectivity index (χ3n) is 10.3. The summed E-state index contributed by atoms with van der Waals surface area (Å²) in [5.74, 6) is 5.43. The van der Waals surface area contributed by atoms with E-state index >= 15 is 0 Å². The second kappa shape index (κ2) is 12.8. The molecule has 4 aromatic rings. The maximum absolute atomic E-state index is 7.06. The Bertz CT molecular complexity index is 1780. The molecule has 47 heavy (non-hydrogen) atoms. The molecule has 0 amide bonds. The van der Waals surface area contributed by atoms with Crippen molar-refractivity contribution in [2.45, 2.75) is 57.5 Å². The quantitative estimate of drug-likeness (QED) is 0.224. The first-order valence-corrected chi connectivity index (χ1v) is 16.7. The zero-order chi connectivity index (χ0) is 32.8. The van der Waals surface area contributed by atoms with E-state index in [1.54, 1.807) is 21.3 Å². The highest BCUT2D eigenvalue weighted by Gasteiger charge is 2.34. The van der Waals surface area contributed by atoms with Gasteiger partial charge in [-0.15, -0.1) is 0 Å². The van der Waals surface area contributed by atoms with E-state index in [0.29, 0.717) is 28.9 Å². The second-order valence-corrected chi connectivity index (χ2v) is 13.5. The molecule has 7 nitrogen and oxygen atoms in total. The van der Waals surface area contributed by atoms with Crippen LogP contribution in [0.5, 0.6) is 40.2 Å². The van der Waals surface area contributed by atoms with E-state index in [1.807, 2.05) is 0 Å². The molecule has 0 aliphatic carbocycles. The molecule has 0 spiro atoms. The number of fused-ring (bicyclic) bond motifs is 2. The van der Waals surface area contributed by atoms with Crippen molar-refractivity contribution in [2.24, 2.45) is 0 Å². The van der Waals surface area contributed by atoms with E-state index in [-0.39, 0.29) is 12.1 Å². The highest BCUT2D eigenvalue weighted by Crippen LogP contribution is 2.52. The third kappa shape index (κ3) is 5.80. The van der Waals surface area contributed by atoms with Crippen LogP contribution in [0.1, 0.15) is 70.8 Å². The average Bonchev–Trinajstić information content (AvgIpc) is 3.07. The number of likely N-dealkylation sites (N-methyl/N-ethyl adjacent to an activating group) is 2. The highest BCUT2D eigenvalue weighted by molar-refractivity contribution is 5.63. The molecule has 6 bridgehead atoms. The number of nitrogens with zero attached hydrogens (tertiary/aromatic N) is 2. The molecule has 0 aromatic heterocycles. The molecule has 0 N–H and O–H groups in total. The summed E-state index contributed by atoms with van der Waals surface area (Å²) in [4.78, 5) is 4.87. The summed E-state index contributed by atoms with van der Waals surface area (Å²) < 4.78 is 31.7. The average molecular weight is 635 g/mol. The summed E-state index contributed by atoms with van der Waals surface area (Å²) in [6.45, 7) is 6.33. The first-order valence-electron chi connectivity index (χ1n) is 16.7. The van der Waals surface area contributed by atoms with Crippen LogP contribution in [0.2, 0.25) is 0 Å². The van der Waals surface area contributed by atoms with Gasteiger partial charge in [0.2, 0.25) is 5.75 Å². The molecule has 2 atom stereocenters. The van der Waals surface area contributed by atoms with Crippen LogP contribution in [-0.2, 0) is 25.7 Å². The standard InChI is InChI=1S/C40H46N2O5/c1-24(2)30-13-10-26-19-33-38-28(15-17-42(33)4)22-37(44-6)39(45-7)40(38)47-36-23-31-27(21-35(36)43-5)14-16-41(3)32(31)18-25-8-11-29(12-9-25)46-34(30)20-26/h8-13,20-24,32-33H,14-19H2,1-7H3/t32-,33+/m0/s1. The van der Waals surface area contributed by atoms with Crippen LogP contribution >= 0.6 is 0 Å². The van der Waals surface area contributed by atoms with E-state index in [4.69, 9.17) is 23.7 Å². The summed E-state index contributed by atoms with van der Waals surface area (Å²) in [7, 11) is 9.50. The molecule has 0 radical (unpaired) electrons. The van der Waals surface area contributed by atoms with Gasteiger partial charge in [-0.2, -0.15) is 0 Å². The second-order valence-electron chi connectivity index (χ2n) is 13.5. The smallest absolute Gasteiger partial charge is 0.204 e. The fourth-order valence-electron chi connectivity index (χ4n) is 7.62. The topological polar surface area (TPSA) is 52.6 Å². The summed E-state index contributed by atoms with van der Waals surface area (Å²) in [6.07, 6.45) is 3.47. The van der Waals surface area contributed by atoms with Crippen LogP contribution in [0.15, 0.2) is 60.7 Å². The first-order chi connectivity index (χ1) is 22.8. The first kappa shape index (κ1) is 31.4. The van der Waals surface area contributed by atoms with Gasteiger partial charge >= 0.3 is 0 Å². The zero-order valence-corrected chi connectivity index (χ0v) is 28.7. The SMILES string of the molecule is COc1cc2c3cc1Oc1c(OC)c(OC)cc4c1[C@@H](Cc1ccc(C(C)C)c(c1)Oc1ccc(cc1)C[C@@H]3N(C)CC2)N(C)CC4. The van der Waals surface area contributed by atoms with Crippen LogP contribution in [0.3, 0.4) is 0 Å². The van der Waals surface area contributed by atoms with E-state index in [1.165, 1.54) is 33.4 Å². The minimum atomic E-state index is 0.0342. The summed E-state index contributed by atoms with van der Waals surface area (Å²) in [5.41, 5.74) is 8.54. The maximum Gasteiger partial charge on any atom is 0.204 e. The van der Waals surface area contributed by atoms with Crippen molar-refractivity contribution in [3.05, 3.63) is 99.6 Å². The Morgan fingerprint density at radius 2 is 1.34 bits per heavy atom. The van der Waals surface area contributed by atoms with Gasteiger partial charge in [0, 0.05) is 30.7 Å². The van der Waals surface area contributed by atoms with Gasteiger partial charge in [0.15, 0.2) is 23.0 Å². The van der Waals surface area contributed by atoms with Gasteiger partial charge < -0.3 is 23.7 Å². The molecule has 4 aliphatic rings. The molecule has 0 saturated heterocycles. The minimum Gasteiger partial charge on any atom is -0.493 e. The van der Waals surface area contributed by atoms with Gasteiger partial charge in [-0.1, -0.05) is 38.1 Å². The van der Waals surface area contributed by atoms with Crippen molar-refractivity contribution in [3.63, 3.8) is 0 Å². The van der Waals surface area contributed by atoms with Gasteiger partial charge in [0.1, 0.15) is 11.5 Å². The van der Waals surface area contributed by atoms with Crippen LogP contribution < -0.4 is 23.7 Å². The van der Waals surface area contributed by atoms with Gasteiger partial charge in [-0.05, 0) is 115 Å². The number of methoxy groups -OCH3 is 3. The van der Waals surface area contributed by atoms with Crippen molar-refractivity contribution in [2.75, 3.05) is 48.5 Å². The Morgan fingerprint density at radius 1 is 0.681 bits per heavy atom. The molecule has 4 aliphatic heterocycles. The molecule has 246 valence electrons. The van der Waals surface area contributed by atoms with Gasteiger partial charge in [0.05, 0.1) is 21.3 Å². The Labute approximate surface area is 279 Å². The van der Waals surface area contributed by atoms with Crippen molar-refractivity contribution in [1.82, 2.24) is 9.80 Å². The van der Waals surface area contributed by atoms with E-state index in [9.17, 15) is 0 Å². The van der Waals surface area contributed by atoms with Gasteiger partial charge in [-0.3, -0.25) is 9.80 Å². The molecule has 0 fully saturated rings. The number of rotatable bonds is 4. The highest BCUT2D eigenvalue weighted by atomic mass is 16.5. The van der Waals surface area contributed by atoms with Crippen LogP contribution in [-0.4, -0.2) is 58.3 Å². The fourth-order valence-corrected chi connectivity index (χ4v) is 7.62. The van der Waals surface area contributed by atoms with Gasteiger partial charge in [-0.25, -0.2) is 0 Å². The number of benzene rings is 4. The van der Waals surface area contributed by atoms with Crippen LogP contribution in [0.4, 0.5) is 0 Å². The van der Waals surface area contributed by atoms with E-state index in [0.717, 1.165) is 61.6 Å². The molecule has 0 unspecified atom stereocenters. The maximum atomic E-state index is 7.06. The molecule has 0 saturated carbocycles. The lowest BCUT2D eigenvalue weighted by Crippen LogP contribution is -2.34. The van der Waals surface area contributed by atoms with Gasteiger partial charge in [0.25, 0.3) is 0 Å². The fraction of sp³-hybridized carbons (Fsp3) is 0.400. The van der Waals surface area contributed by atoms with Crippen molar-refractivity contribution in [1.29, 1.82) is 0 Å². The lowest BCUT2D eigenvalue weighted by atomic mass is 9.86. The van der Waals surface area contributed by atoms with E-state index < -0.39 is 0 Å². The van der Waals surface area contributed by atoms with Crippen LogP contribution in [0.25, 0.3) is 0 Å². The monoisotopic (exact) mass is 634 g/mol. The third-order valence-corrected chi connectivity index (χ3v) is 10.3. The molecular formula is C40H46N2O5. The molecule has 7 heteroatoms. The molecule has 4 heterocycles. The molecule has 8 rings (SSSR count). The number of ether oxygens (including phenoxy) is 5. The largest absolute Gasteiger partial charge is 0.493 e. The summed E-state index contributed by atoms with van der Waals surface area (Å²) in [5, 5.41) is 0. The van der Waals surface area contributed by atoms with Crippen molar-refractivity contribution >= 4 is 0 Å². The van der Waals surface area contributed by atoms with E-state index in [2.05, 4.69) is 98.4 Å². The minimum absolute atomic E-state index is 0.0342. The predicted molar refractivity (Wildman–Crippen MR) is 185 cm³/mol. The summed E-state index contributed by atoms with van der Waals surface area (Å²) >= 11 is 0. The zero-order valence-electron chi connectivity index (χ0n) is 28.7. The molecule has 4 aromatic carbocycles. The Kier molecular flexibility index (Phi) is 8.54. The Morgan fingerprint density at radius 3 is 2.04 bits per heavy atom. The Hall–Kier alpha value is -4.20.